The van der Waals surface area contributed by atoms with Gasteiger partial charge in [0.05, 0.1) is 13.2 Å². The van der Waals surface area contributed by atoms with Crippen LogP contribution in [0, 0.1) is 5.92 Å². The Hall–Kier alpha value is -2.29. The van der Waals surface area contributed by atoms with Crippen molar-refractivity contribution in [2.45, 2.75) is 39.9 Å². The van der Waals surface area contributed by atoms with Gasteiger partial charge in [-0.3, -0.25) is 24.3 Å². The summed E-state index contributed by atoms with van der Waals surface area (Å²) in [6.45, 7) is 13.2. The predicted octanol–water partition coefficient (Wildman–Crippen LogP) is 1.55. The van der Waals surface area contributed by atoms with E-state index in [1.54, 1.807) is 12.4 Å². The molecule has 4 rings (SSSR count). The van der Waals surface area contributed by atoms with Gasteiger partial charge >= 0.3 is 0 Å². The van der Waals surface area contributed by atoms with Crippen LogP contribution in [0.5, 0.6) is 0 Å². The first kappa shape index (κ1) is 21.9. The highest BCUT2D eigenvalue weighted by Gasteiger charge is 2.28. The van der Waals surface area contributed by atoms with Gasteiger partial charge in [-0.05, 0) is 17.5 Å². The number of rotatable bonds is 8. The van der Waals surface area contributed by atoms with Crippen molar-refractivity contribution in [1.82, 2.24) is 29.9 Å². The molecule has 0 atom stereocenters. The second kappa shape index (κ2) is 10.3. The fourth-order valence-electron chi connectivity index (χ4n) is 4.29. The molecule has 0 aromatic carbocycles. The standard InChI is InChI=1S/C23H34N6O2/c1-18(2)16-29-21-5-7-28(9-8-27-10-12-31-13-11-27)17-20(21)22(26-29)23(30)25-15-19-4-3-6-24-14-19/h3-4,6,14,18H,5,7-13,15-17H2,1-2H3,(H,25,30). The Labute approximate surface area is 184 Å². The number of hydrogen-bond acceptors (Lipinski definition) is 6. The van der Waals surface area contributed by atoms with Crippen molar-refractivity contribution in [1.29, 1.82) is 0 Å². The van der Waals surface area contributed by atoms with E-state index < -0.39 is 0 Å². The monoisotopic (exact) mass is 426 g/mol. The van der Waals surface area contributed by atoms with E-state index in [4.69, 9.17) is 9.84 Å². The van der Waals surface area contributed by atoms with Gasteiger partial charge in [0.15, 0.2) is 5.69 Å². The van der Waals surface area contributed by atoms with Crippen LogP contribution >= 0.6 is 0 Å². The molecule has 2 aliphatic heterocycles. The SMILES string of the molecule is CC(C)Cn1nc(C(=O)NCc2cccnc2)c2c1CCN(CCN1CCOCC1)C2. The van der Waals surface area contributed by atoms with Gasteiger partial charge in [-0.1, -0.05) is 19.9 Å². The molecule has 8 heteroatoms. The summed E-state index contributed by atoms with van der Waals surface area (Å²) in [5.74, 6) is 0.382. The molecule has 4 heterocycles. The quantitative estimate of drug-likeness (QED) is 0.690. The molecule has 2 aliphatic rings. The van der Waals surface area contributed by atoms with Crippen LogP contribution in [-0.2, 0) is 30.8 Å². The number of carbonyl (C=O) groups excluding carboxylic acids is 1. The Kier molecular flexibility index (Phi) is 7.32. The molecule has 0 saturated carbocycles. The van der Waals surface area contributed by atoms with Gasteiger partial charge in [0.1, 0.15) is 0 Å². The summed E-state index contributed by atoms with van der Waals surface area (Å²) in [7, 11) is 0. The zero-order valence-electron chi connectivity index (χ0n) is 18.7. The van der Waals surface area contributed by atoms with Crippen LogP contribution in [0.25, 0.3) is 0 Å². The van der Waals surface area contributed by atoms with Crippen LogP contribution in [-0.4, -0.2) is 76.4 Å². The number of nitrogens with zero attached hydrogens (tertiary/aromatic N) is 5. The lowest BCUT2D eigenvalue weighted by Gasteiger charge is -2.32. The minimum atomic E-state index is -0.0994. The summed E-state index contributed by atoms with van der Waals surface area (Å²) in [6, 6.07) is 3.85. The van der Waals surface area contributed by atoms with Crippen LogP contribution in [0.4, 0.5) is 0 Å². The number of fused-ring (bicyclic) bond motifs is 1. The summed E-state index contributed by atoms with van der Waals surface area (Å²) in [5, 5.41) is 7.80. The maximum Gasteiger partial charge on any atom is 0.272 e. The van der Waals surface area contributed by atoms with Crippen molar-refractivity contribution in [3.05, 3.63) is 47.0 Å². The Morgan fingerprint density at radius 3 is 2.74 bits per heavy atom. The van der Waals surface area contributed by atoms with Crippen molar-refractivity contribution in [2.75, 3.05) is 45.9 Å². The average Bonchev–Trinajstić information content (AvgIpc) is 3.14. The zero-order chi connectivity index (χ0) is 21.6. The highest BCUT2D eigenvalue weighted by Crippen LogP contribution is 2.24. The third kappa shape index (κ3) is 5.70. The molecule has 2 aromatic heterocycles. The van der Waals surface area contributed by atoms with E-state index in [2.05, 4.69) is 38.6 Å². The molecule has 1 amide bonds. The molecule has 0 unspecified atom stereocenters. The van der Waals surface area contributed by atoms with E-state index in [-0.39, 0.29) is 5.91 Å². The summed E-state index contributed by atoms with van der Waals surface area (Å²) in [6.07, 6.45) is 4.45. The molecule has 0 radical (unpaired) electrons. The third-order valence-corrected chi connectivity index (χ3v) is 5.98. The Morgan fingerprint density at radius 1 is 1.19 bits per heavy atom. The molecule has 1 saturated heterocycles. The number of morpholine rings is 1. The molecule has 1 N–H and O–H groups in total. The van der Waals surface area contributed by atoms with Crippen LogP contribution in [0.1, 0.15) is 41.2 Å². The summed E-state index contributed by atoms with van der Waals surface area (Å²) in [4.78, 5) is 22.1. The second-order valence-electron chi connectivity index (χ2n) is 8.87. The minimum Gasteiger partial charge on any atom is -0.379 e. The lowest BCUT2D eigenvalue weighted by atomic mass is 10.0. The molecule has 168 valence electrons. The second-order valence-corrected chi connectivity index (χ2v) is 8.87. The van der Waals surface area contributed by atoms with Gasteiger partial charge in [0, 0.05) is 82.4 Å². The smallest absolute Gasteiger partial charge is 0.272 e. The molecular formula is C23H34N6O2. The highest BCUT2D eigenvalue weighted by molar-refractivity contribution is 5.94. The summed E-state index contributed by atoms with van der Waals surface area (Å²) < 4.78 is 7.52. The van der Waals surface area contributed by atoms with Gasteiger partial charge in [-0.25, -0.2) is 0 Å². The topological polar surface area (TPSA) is 75.5 Å². The van der Waals surface area contributed by atoms with Crippen LogP contribution in [0.15, 0.2) is 24.5 Å². The van der Waals surface area contributed by atoms with E-state index in [9.17, 15) is 4.79 Å². The summed E-state index contributed by atoms with van der Waals surface area (Å²) >= 11 is 0. The van der Waals surface area contributed by atoms with Gasteiger partial charge in [-0.2, -0.15) is 5.10 Å². The molecule has 31 heavy (non-hydrogen) atoms. The number of carbonyl (C=O) groups is 1. The maximum atomic E-state index is 13.1. The van der Waals surface area contributed by atoms with Gasteiger partial charge in [0.25, 0.3) is 5.91 Å². The Bertz CT molecular complexity index is 860. The molecule has 0 aliphatic carbocycles. The largest absolute Gasteiger partial charge is 0.379 e. The van der Waals surface area contributed by atoms with Crippen molar-refractivity contribution < 1.29 is 9.53 Å². The molecule has 0 spiro atoms. The van der Waals surface area contributed by atoms with Crippen LogP contribution in [0.2, 0.25) is 0 Å². The maximum absolute atomic E-state index is 13.1. The van der Waals surface area contributed by atoms with Crippen LogP contribution in [0.3, 0.4) is 0 Å². The normalized spacial score (nSPS) is 17.6. The highest BCUT2D eigenvalue weighted by atomic mass is 16.5. The molecule has 8 nitrogen and oxygen atoms in total. The van der Waals surface area contributed by atoms with E-state index in [0.29, 0.717) is 18.2 Å². The first-order chi connectivity index (χ1) is 15.1. The predicted molar refractivity (Wildman–Crippen MR) is 119 cm³/mol. The summed E-state index contributed by atoms with van der Waals surface area (Å²) in [5.41, 5.74) is 3.88. The number of nitrogens with one attached hydrogen (secondary N) is 1. The molecule has 1 fully saturated rings. The van der Waals surface area contributed by atoms with Crippen molar-refractivity contribution in [2.24, 2.45) is 5.92 Å². The van der Waals surface area contributed by atoms with Gasteiger partial charge in [0.2, 0.25) is 0 Å². The van der Waals surface area contributed by atoms with E-state index in [1.165, 1.54) is 5.69 Å². The lowest BCUT2D eigenvalue weighted by Crippen LogP contribution is -2.42. The van der Waals surface area contributed by atoms with Crippen LogP contribution < -0.4 is 5.32 Å². The lowest BCUT2D eigenvalue weighted by molar-refractivity contribution is 0.0326. The minimum absolute atomic E-state index is 0.0994. The fraction of sp³-hybridized carbons (Fsp3) is 0.609. The number of hydrogen-bond donors (Lipinski definition) is 1. The molecule has 2 aromatic rings. The first-order valence-corrected chi connectivity index (χ1v) is 11.4. The van der Waals surface area contributed by atoms with E-state index in [1.807, 2.05) is 12.1 Å². The number of amides is 1. The van der Waals surface area contributed by atoms with E-state index >= 15 is 0 Å². The van der Waals surface area contributed by atoms with Crippen molar-refractivity contribution in [3.63, 3.8) is 0 Å². The number of pyridine rings is 1. The number of ether oxygens (including phenoxy) is 1. The zero-order valence-corrected chi connectivity index (χ0v) is 18.7. The Morgan fingerprint density at radius 2 is 2.00 bits per heavy atom. The molecule has 0 bridgehead atoms. The molecular weight excluding hydrogens is 392 g/mol. The third-order valence-electron chi connectivity index (χ3n) is 5.98. The first-order valence-electron chi connectivity index (χ1n) is 11.4. The number of aromatic nitrogens is 3. The Balaban J connectivity index is 1.45. The van der Waals surface area contributed by atoms with E-state index in [0.717, 1.165) is 76.6 Å². The van der Waals surface area contributed by atoms with Gasteiger partial charge < -0.3 is 10.1 Å². The van der Waals surface area contributed by atoms with Crippen molar-refractivity contribution >= 4 is 5.91 Å². The average molecular weight is 427 g/mol. The fourth-order valence-corrected chi connectivity index (χ4v) is 4.29. The van der Waals surface area contributed by atoms with Gasteiger partial charge in [-0.15, -0.1) is 0 Å². The van der Waals surface area contributed by atoms with Crippen molar-refractivity contribution in [3.8, 4) is 0 Å².